The molecule has 0 radical (unpaired) electrons. The predicted octanol–water partition coefficient (Wildman–Crippen LogP) is 10.8. The van der Waals surface area contributed by atoms with Gasteiger partial charge in [-0.2, -0.15) is 0 Å². The number of unbranched alkanes of at least 4 members (excludes halogenated alkanes) is 24. The average molecular weight is 1220 g/mol. The van der Waals surface area contributed by atoms with Gasteiger partial charge >= 0.3 is 0 Å². The number of nitrogens with zero attached hydrogens (tertiary/aromatic N) is 2. The van der Waals surface area contributed by atoms with Gasteiger partial charge in [-0.15, -0.1) is 0 Å². The number of amides is 2. The molecule has 0 rings (SSSR count). The molecule has 0 aromatic heterocycles. The van der Waals surface area contributed by atoms with Gasteiger partial charge in [-0.1, -0.05) is 154 Å². The summed E-state index contributed by atoms with van der Waals surface area (Å²) < 4.78 is 12.4. The predicted molar refractivity (Wildman–Crippen MR) is 371 cm³/mol. The fourth-order valence-electron chi connectivity index (χ4n) is 10.8. The van der Waals surface area contributed by atoms with Gasteiger partial charge in [0.15, 0.2) is 0 Å². The molecule has 16 nitrogen and oxygen atoms in total. The van der Waals surface area contributed by atoms with Crippen molar-refractivity contribution in [1.29, 1.82) is 0 Å². The van der Waals surface area contributed by atoms with Gasteiger partial charge in [0, 0.05) is 26.2 Å². The molecule has 0 bridgehead atoms. The second kappa shape index (κ2) is 72.0. The first-order valence-electron chi connectivity index (χ1n) is 36.6. The molecular formula is C70H146N12O4. The van der Waals surface area contributed by atoms with E-state index in [1.807, 2.05) is 0 Å². The minimum atomic E-state index is -0.210. The molecule has 0 heterocycles. The minimum Gasteiger partial charge on any atom is -0.378 e. The third-order valence-electron chi connectivity index (χ3n) is 16.3. The van der Waals surface area contributed by atoms with Crippen molar-refractivity contribution in [3.63, 3.8) is 0 Å². The first-order chi connectivity index (χ1) is 42.5. The van der Waals surface area contributed by atoms with Gasteiger partial charge in [0.2, 0.25) is 11.8 Å². The lowest BCUT2D eigenvalue weighted by molar-refractivity contribution is -0.124. The molecule has 0 spiro atoms. The van der Waals surface area contributed by atoms with Crippen LogP contribution < -0.4 is 54.8 Å². The van der Waals surface area contributed by atoms with Gasteiger partial charge in [0.05, 0.1) is 38.5 Å². The van der Waals surface area contributed by atoms with Gasteiger partial charge in [0.1, 0.15) is 0 Å². The number of rotatable bonds is 73. The second-order valence-corrected chi connectivity index (χ2v) is 24.4. The molecule has 16 heteroatoms. The Labute approximate surface area is 531 Å². The monoisotopic (exact) mass is 1220 g/mol. The SMILES string of the molecule is CCCCCCCC/C=C\CCCCCCCCN(CCCNC(=O)C(CCCNCCCN)NCCCN)CCOCCOCCN(CCCCCCCC/C=C/CCCCCCCC)CCCNC(=O)C(CCCNCCCN)NCCCN. The Hall–Kier alpha value is -2.06. The third-order valence-corrected chi connectivity index (χ3v) is 16.3. The lowest BCUT2D eigenvalue weighted by atomic mass is 10.1. The lowest BCUT2D eigenvalue weighted by Crippen LogP contribution is -2.45. The third kappa shape index (κ3) is 62.1. The lowest BCUT2D eigenvalue weighted by Gasteiger charge is -2.24. The largest absolute Gasteiger partial charge is 0.378 e. The van der Waals surface area contributed by atoms with Crippen LogP contribution in [0.2, 0.25) is 0 Å². The van der Waals surface area contributed by atoms with Crippen molar-refractivity contribution in [2.24, 2.45) is 22.9 Å². The summed E-state index contributed by atoms with van der Waals surface area (Å²) in [5.41, 5.74) is 22.9. The fourth-order valence-corrected chi connectivity index (χ4v) is 10.8. The minimum absolute atomic E-state index is 0.0861. The molecule has 0 aromatic rings. The highest BCUT2D eigenvalue weighted by Gasteiger charge is 2.19. The van der Waals surface area contributed by atoms with Crippen molar-refractivity contribution >= 4 is 11.8 Å². The van der Waals surface area contributed by atoms with E-state index in [9.17, 15) is 9.59 Å². The van der Waals surface area contributed by atoms with E-state index < -0.39 is 0 Å². The van der Waals surface area contributed by atoms with Crippen LogP contribution in [0.4, 0.5) is 0 Å². The molecular weight excluding hydrogens is 1070 g/mol. The molecule has 14 N–H and O–H groups in total. The van der Waals surface area contributed by atoms with Crippen LogP contribution in [0.1, 0.15) is 258 Å². The summed E-state index contributed by atoms with van der Waals surface area (Å²) in [7, 11) is 0. The molecule has 0 saturated heterocycles. The Kier molecular flexibility index (Phi) is 70.3. The van der Waals surface area contributed by atoms with E-state index in [4.69, 9.17) is 32.4 Å². The molecule has 0 aliphatic carbocycles. The summed E-state index contributed by atoms with van der Waals surface area (Å²) in [4.78, 5) is 31.8. The first-order valence-corrected chi connectivity index (χ1v) is 36.6. The Balaban J connectivity index is 5.20. The highest BCUT2D eigenvalue weighted by atomic mass is 16.5. The molecule has 2 unspecified atom stereocenters. The van der Waals surface area contributed by atoms with E-state index >= 15 is 0 Å². The van der Waals surface area contributed by atoms with Crippen molar-refractivity contribution in [3.8, 4) is 0 Å². The Morgan fingerprint density at radius 1 is 0.337 bits per heavy atom. The molecule has 0 fully saturated rings. The average Bonchev–Trinajstić information content (AvgIpc) is 3.59. The Morgan fingerprint density at radius 2 is 0.640 bits per heavy atom. The van der Waals surface area contributed by atoms with Crippen LogP contribution in [0, 0.1) is 0 Å². The zero-order valence-electron chi connectivity index (χ0n) is 56.7. The highest BCUT2D eigenvalue weighted by molar-refractivity contribution is 5.82. The summed E-state index contributed by atoms with van der Waals surface area (Å²) in [5, 5.41) is 20.3. The van der Waals surface area contributed by atoms with E-state index in [0.29, 0.717) is 65.7 Å². The van der Waals surface area contributed by atoms with Crippen LogP contribution in [0.3, 0.4) is 0 Å². The smallest absolute Gasteiger partial charge is 0.237 e. The topological polar surface area (TPSA) is 235 Å². The summed E-state index contributed by atoms with van der Waals surface area (Å²) in [6.07, 6.45) is 55.1. The van der Waals surface area contributed by atoms with Gasteiger partial charge in [0.25, 0.3) is 0 Å². The molecule has 0 aliphatic heterocycles. The summed E-state index contributed by atoms with van der Waals surface area (Å²) in [6, 6.07) is -0.420. The van der Waals surface area contributed by atoms with Crippen molar-refractivity contribution in [2.45, 2.75) is 270 Å². The van der Waals surface area contributed by atoms with E-state index in [-0.39, 0.29) is 23.9 Å². The summed E-state index contributed by atoms with van der Waals surface area (Å²) in [5.74, 6) is 0.172. The van der Waals surface area contributed by atoms with E-state index in [0.717, 1.165) is 143 Å². The molecule has 0 aliphatic rings. The quantitative estimate of drug-likeness (QED) is 0.0202. The standard InChI is InChI=1S/C70H146N12O4/c1-3-5-7-9-11-13-15-17-19-21-23-25-27-29-31-33-57-81(59-41-55-79-69(83)67(77-53-39-47-73)43-35-49-75-51-37-45-71)61-63-85-65-66-86-64-62-82(58-34-32-30-28-26-24-22-20-18-16-14-12-10-8-6-4-2)60-42-56-80-70(84)68(78-54-40-48-74)44-36-50-76-52-38-46-72/h17-20,67-68,75-78H,3-16,21-66,71-74H2,1-2H3,(H,79,83)(H,80,84)/b19-17-,20-18+. The molecule has 2 amide bonds. The summed E-state index contributed by atoms with van der Waals surface area (Å²) in [6.45, 7) is 21.7. The van der Waals surface area contributed by atoms with Crippen LogP contribution >= 0.6 is 0 Å². The normalized spacial score (nSPS) is 12.7. The van der Waals surface area contributed by atoms with E-state index in [1.54, 1.807) is 0 Å². The van der Waals surface area contributed by atoms with Crippen LogP contribution in [0.5, 0.6) is 0 Å². The number of nitrogens with two attached hydrogens (primary N) is 4. The zero-order valence-corrected chi connectivity index (χ0v) is 56.7. The molecule has 2 atom stereocenters. The van der Waals surface area contributed by atoms with Gasteiger partial charge < -0.3 is 74.1 Å². The number of allylic oxidation sites excluding steroid dienone is 4. The van der Waals surface area contributed by atoms with Gasteiger partial charge in [-0.3, -0.25) is 9.59 Å². The molecule has 86 heavy (non-hydrogen) atoms. The first kappa shape index (κ1) is 83.9. The number of hydrogen-bond acceptors (Lipinski definition) is 14. The molecule has 510 valence electrons. The number of hydrogen-bond donors (Lipinski definition) is 10. The van der Waals surface area contributed by atoms with Crippen molar-refractivity contribution < 1.29 is 19.1 Å². The van der Waals surface area contributed by atoms with Crippen molar-refractivity contribution in [3.05, 3.63) is 24.3 Å². The Bertz CT molecular complexity index is 1320. The van der Waals surface area contributed by atoms with E-state index in [1.165, 1.54) is 180 Å². The van der Waals surface area contributed by atoms with Crippen molar-refractivity contribution in [1.82, 2.24) is 41.7 Å². The summed E-state index contributed by atoms with van der Waals surface area (Å²) >= 11 is 0. The Morgan fingerprint density at radius 3 is 0.988 bits per heavy atom. The van der Waals surface area contributed by atoms with Crippen molar-refractivity contribution in [2.75, 3.05) is 144 Å². The van der Waals surface area contributed by atoms with Crippen LogP contribution in [-0.2, 0) is 19.1 Å². The number of ether oxygens (including phenoxy) is 2. The second-order valence-electron chi connectivity index (χ2n) is 24.4. The van der Waals surface area contributed by atoms with E-state index in [2.05, 4.69) is 79.9 Å². The molecule has 0 aromatic carbocycles. The van der Waals surface area contributed by atoms with Gasteiger partial charge in [-0.25, -0.2) is 0 Å². The van der Waals surface area contributed by atoms with Crippen LogP contribution in [0.15, 0.2) is 24.3 Å². The molecule has 0 saturated carbocycles. The zero-order chi connectivity index (χ0) is 62.4. The maximum atomic E-state index is 13.4. The van der Waals surface area contributed by atoms with Crippen LogP contribution in [0.25, 0.3) is 0 Å². The highest BCUT2D eigenvalue weighted by Crippen LogP contribution is 2.13. The van der Waals surface area contributed by atoms with Gasteiger partial charge in [-0.05, 0) is 220 Å². The maximum Gasteiger partial charge on any atom is 0.237 e. The number of carbonyl (C=O) groups is 2. The van der Waals surface area contributed by atoms with Crippen LogP contribution in [-0.4, -0.2) is 178 Å². The number of carbonyl (C=O) groups excluding carboxylic acids is 2. The number of nitrogens with one attached hydrogen (secondary N) is 6. The fraction of sp³-hybridized carbons (Fsp3) is 0.914. The maximum absolute atomic E-state index is 13.4.